The monoisotopic (exact) mass is 430 g/mol. The molecule has 31 heavy (non-hydrogen) atoms. The number of hydrogen-bond donors (Lipinski definition) is 1. The molecule has 1 aromatic carbocycles. The van der Waals surface area contributed by atoms with Gasteiger partial charge in [0.2, 0.25) is 5.95 Å². The third-order valence-corrected chi connectivity index (χ3v) is 5.28. The molecule has 0 fully saturated rings. The van der Waals surface area contributed by atoms with E-state index in [1.54, 1.807) is 25.3 Å². The van der Waals surface area contributed by atoms with E-state index in [1.165, 1.54) is 18.5 Å². The van der Waals surface area contributed by atoms with Gasteiger partial charge >= 0.3 is 0 Å². The average molecular weight is 430 g/mol. The molecule has 0 atom stereocenters. The molecule has 0 saturated carbocycles. The predicted octanol–water partition coefficient (Wildman–Crippen LogP) is 3.96. The Kier molecular flexibility index (Phi) is 5.92. The van der Waals surface area contributed by atoms with E-state index in [1.807, 2.05) is 0 Å². The molecule has 0 spiro atoms. The van der Waals surface area contributed by atoms with Crippen molar-refractivity contribution in [1.29, 1.82) is 0 Å². The lowest BCUT2D eigenvalue weighted by Gasteiger charge is -2.21. The first-order valence-electron chi connectivity index (χ1n) is 9.91. The van der Waals surface area contributed by atoms with Gasteiger partial charge in [0, 0.05) is 41.8 Å². The standard InChI is InChI=1S/C22H21F3N4O2/c1-13-6-7-26-9-15(13)17-11-28-22(29(21(17)30)12-20(24)25)27-10-16-14-3-2-8-31-19(14)5-4-18(16)23/h4-7,9,11,20H,2-3,8,10,12H2,1H3,(H,27,28). The number of ether oxygens (including phenoxy) is 1. The molecule has 1 aliphatic heterocycles. The molecule has 0 unspecified atom stereocenters. The molecular formula is C22H21F3N4O2. The summed E-state index contributed by atoms with van der Waals surface area (Å²) in [6.45, 7) is 1.51. The van der Waals surface area contributed by atoms with E-state index >= 15 is 0 Å². The van der Waals surface area contributed by atoms with Crippen molar-refractivity contribution >= 4 is 5.95 Å². The van der Waals surface area contributed by atoms with Crippen molar-refractivity contribution in [1.82, 2.24) is 14.5 Å². The first kappa shape index (κ1) is 20.9. The molecule has 0 aliphatic carbocycles. The van der Waals surface area contributed by atoms with Gasteiger partial charge in [-0.15, -0.1) is 0 Å². The lowest BCUT2D eigenvalue weighted by molar-refractivity contribution is 0.125. The van der Waals surface area contributed by atoms with Crippen LogP contribution in [0.4, 0.5) is 19.1 Å². The van der Waals surface area contributed by atoms with Crippen LogP contribution in [-0.2, 0) is 19.5 Å². The van der Waals surface area contributed by atoms with Crippen molar-refractivity contribution in [2.45, 2.75) is 39.3 Å². The fourth-order valence-corrected chi connectivity index (χ4v) is 3.71. The quantitative estimate of drug-likeness (QED) is 0.641. The highest BCUT2D eigenvalue weighted by Gasteiger charge is 2.20. The summed E-state index contributed by atoms with van der Waals surface area (Å²) >= 11 is 0. The van der Waals surface area contributed by atoms with Crippen LogP contribution >= 0.6 is 0 Å². The third-order valence-electron chi connectivity index (χ3n) is 5.28. The summed E-state index contributed by atoms with van der Waals surface area (Å²) < 4.78 is 47.4. The van der Waals surface area contributed by atoms with Crippen LogP contribution in [0.1, 0.15) is 23.1 Å². The first-order valence-corrected chi connectivity index (χ1v) is 9.91. The van der Waals surface area contributed by atoms with Gasteiger partial charge < -0.3 is 10.1 Å². The van der Waals surface area contributed by atoms with Crippen LogP contribution in [0.3, 0.4) is 0 Å². The zero-order chi connectivity index (χ0) is 22.0. The van der Waals surface area contributed by atoms with Gasteiger partial charge in [-0.3, -0.25) is 14.3 Å². The van der Waals surface area contributed by atoms with E-state index in [0.717, 1.165) is 22.1 Å². The van der Waals surface area contributed by atoms with Crippen molar-refractivity contribution in [3.05, 3.63) is 69.7 Å². The van der Waals surface area contributed by atoms with E-state index in [0.29, 0.717) is 29.9 Å². The Morgan fingerprint density at radius 3 is 2.84 bits per heavy atom. The highest BCUT2D eigenvalue weighted by Crippen LogP contribution is 2.30. The third kappa shape index (κ3) is 4.26. The lowest BCUT2D eigenvalue weighted by atomic mass is 9.99. The van der Waals surface area contributed by atoms with Crippen molar-refractivity contribution in [3.63, 3.8) is 0 Å². The van der Waals surface area contributed by atoms with Crippen molar-refractivity contribution in [2.24, 2.45) is 0 Å². The van der Waals surface area contributed by atoms with Crippen LogP contribution in [0, 0.1) is 12.7 Å². The second kappa shape index (κ2) is 8.79. The molecule has 1 aliphatic rings. The zero-order valence-electron chi connectivity index (χ0n) is 16.9. The van der Waals surface area contributed by atoms with Crippen LogP contribution in [-0.4, -0.2) is 27.6 Å². The predicted molar refractivity (Wildman–Crippen MR) is 110 cm³/mol. The summed E-state index contributed by atoms with van der Waals surface area (Å²) in [5.74, 6) is 0.135. The van der Waals surface area contributed by atoms with Gasteiger partial charge in [0.15, 0.2) is 0 Å². The Labute approximate surface area is 176 Å². The molecule has 0 bridgehead atoms. The second-order valence-electron chi connectivity index (χ2n) is 7.30. The van der Waals surface area contributed by atoms with Crippen molar-refractivity contribution in [3.8, 4) is 16.9 Å². The number of nitrogens with zero attached hydrogens (tertiary/aromatic N) is 3. The minimum absolute atomic E-state index is 0.0146. The van der Waals surface area contributed by atoms with Gasteiger partial charge in [-0.25, -0.2) is 18.2 Å². The molecule has 0 radical (unpaired) electrons. The molecular weight excluding hydrogens is 409 g/mol. The normalized spacial score (nSPS) is 13.1. The minimum atomic E-state index is -2.76. The fraction of sp³-hybridized carbons (Fsp3) is 0.318. The van der Waals surface area contributed by atoms with Gasteiger partial charge in [-0.05, 0) is 43.5 Å². The average Bonchev–Trinajstić information content (AvgIpc) is 2.75. The number of nitrogens with one attached hydrogen (secondary N) is 1. The number of alkyl halides is 2. The Morgan fingerprint density at radius 2 is 2.06 bits per heavy atom. The Morgan fingerprint density at radius 1 is 1.23 bits per heavy atom. The van der Waals surface area contributed by atoms with Gasteiger partial charge in [0.05, 0.1) is 18.7 Å². The smallest absolute Gasteiger partial charge is 0.263 e. The van der Waals surface area contributed by atoms with E-state index in [4.69, 9.17) is 4.74 Å². The second-order valence-corrected chi connectivity index (χ2v) is 7.30. The van der Waals surface area contributed by atoms with Crippen LogP contribution in [0.25, 0.3) is 11.1 Å². The number of hydrogen-bond acceptors (Lipinski definition) is 5. The van der Waals surface area contributed by atoms with E-state index in [-0.39, 0.29) is 18.1 Å². The van der Waals surface area contributed by atoms with Gasteiger partial charge in [0.1, 0.15) is 11.6 Å². The number of halogens is 3. The highest BCUT2D eigenvalue weighted by molar-refractivity contribution is 5.65. The molecule has 162 valence electrons. The summed E-state index contributed by atoms with van der Waals surface area (Å²) in [6, 6.07) is 4.63. The summed E-state index contributed by atoms with van der Waals surface area (Å²) in [7, 11) is 0. The maximum absolute atomic E-state index is 14.5. The van der Waals surface area contributed by atoms with Crippen LogP contribution in [0.15, 0.2) is 41.6 Å². The van der Waals surface area contributed by atoms with Crippen LogP contribution in [0.5, 0.6) is 5.75 Å². The molecule has 0 saturated heterocycles. The summed E-state index contributed by atoms with van der Waals surface area (Å²) in [6.07, 6.45) is 3.06. The Balaban J connectivity index is 1.70. The maximum atomic E-state index is 14.5. The molecule has 4 rings (SSSR count). The van der Waals surface area contributed by atoms with Gasteiger partial charge in [-0.1, -0.05) is 0 Å². The zero-order valence-corrected chi connectivity index (χ0v) is 16.9. The van der Waals surface area contributed by atoms with Crippen LogP contribution in [0.2, 0.25) is 0 Å². The molecule has 3 heterocycles. The number of anilines is 1. The van der Waals surface area contributed by atoms with Gasteiger partial charge in [0.25, 0.3) is 12.0 Å². The first-order chi connectivity index (χ1) is 15.0. The van der Waals surface area contributed by atoms with E-state index in [9.17, 15) is 18.0 Å². The maximum Gasteiger partial charge on any atom is 0.263 e. The number of benzene rings is 1. The lowest BCUT2D eigenvalue weighted by Crippen LogP contribution is -2.29. The Bertz CT molecular complexity index is 1160. The van der Waals surface area contributed by atoms with Crippen molar-refractivity contribution in [2.75, 3.05) is 11.9 Å². The number of rotatable bonds is 6. The van der Waals surface area contributed by atoms with Crippen molar-refractivity contribution < 1.29 is 17.9 Å². The summed E-state index contributed by atoms with van der Waals surface area (Å²) in [5.41, 5.74) is 1.97. The number of aryl methyl sites for hydroxylation is 1. The highest BCUT2D eigenvalue weighted by atomic mass is 19.3. The SMILES string of the molecule is Cc1ccncc1-c1cnc(NCc2c(F)ccc3c2CCCO3)n(CC(F)F)c1=O. The van der Waals surface area contributed by atoms with Gasteiger partial charge in [-0.2, -0.15) is 0 Å². The molecule has 2 aromatic heterocycles. The van der Waals surface area contributed by atoms with Crippen LogP contribution < -0.4 is 15.6 Å². The molecule has 1 N–H and O–H groups in total. The molecule has 3 aromatic rings. The number of pyridine rings is 1. The number of aromatic nitrogens is 3. The molecule has 0 amide bonds. The fourth-order valence-electron chi connectivity index (χ4n) is 3.71. The number of fused-ring (bicyclic) bond motifs is 1. The summed E-state index contributed by atoms with van der Waals surface area (Å²) in [4.78, 5) is 21.2. The largest absolute Gasteiger partial charge is 0.493 e. The topological polar surface area (TPSA) is 69.0 Å². The van der Waals surface area contributed by atoms with E-state index < -0.39 is 24.3 Å². The summed E-state index contributed by atoms with van der Waals surface area (Å²) in [5, 5.41) is 2.87. The minimum Gasteiger partial charge on any atom is -0.493 e. The molecule has 9 heteroatoms. The van der Waals surface area contributed by atoms with E-state index in [2.05, 4.69) is 15.3 Å². The molecule has 6 nitrogen and oxygen atoms in total. The Hall–Kier alpha value is -3.36.